The van der Waals surface area contributed by atoms with Crippen molar-refractivity contribution < 1.29 is 9.30 Å². The number of para-hydroxylation sites is 1. The minimum atomic E-state index is -0.0182. The van der Waals surface area contributed by atoms with Crippen LogP contribution in [0, 0.1) is 6.33 Å². The van der Waals surface area contributed by atoms with Crippen molar-refractivity contribution in [2.24, 2.45) is 0 Å². The molecule has 330 valence electrons. The van der Waals surface area contributed by atoms with Crippen LogP contribution in [-0.2, 0) is 16.2 Å². The number of hydrogen-bond acceptors (Lipinski definition) is 2. The molecule has 8 aromatic rings. The maximum Gasteiger partial charge on any atom is 0.268 e. The monoisotopic (exact) mass is 849 g/mol. The van der Waals surface area contributed by atoms with E-state index in [0.717, 1.165) is 50.7 Å². The molecule has 0 fully saturated rings. The molecular weight excluding hydrogens is 781 g/mol. The predicted molar refractivity (Wildman–Crippen MR) is 269 cm³/mol. The molecule has 0 spiro atoms. The Bertz CT molecular complexity index is 2950. The minimum absolute atomic E-state index is 0.00256. The van der Waals surface area contributed by atoms with Crippen molar-refractivity contribution in [1.82, 2.24) is 14.1 Å². The van der Waals surface area contributed by atoms with Gasteiger partial charge >= 0.3 is 0 Å². The fourth-order valence-corrected chi connectivity index (χ4v) is 8.84. The number of hydrogen-bond donors (Lipinski definition) is 0. The highest BCUT2D eigenvalue weighted by atomic mass is 16.5. The van der Waals surface area contributed by atoms with Gasteiger partial charge < -0.3 is 4.74 Å². The third-order valence-corrected chi connectivity index (χ3v) is 12.8. The van der Waals surface area contributed by atoms with E-state index in [-0.39, 0.29) is 16.2 Å². The molecule has 0 unspecified atom stereocenters. The number of fused-ring (bicyclic) bond motifs is 3. The van der Waals surface area contributed by atoms with Gasteiger partial charge in [0.25, 0.3) is 6.33 Å². The van der Waals surface area contributed by atoms with Crippen LogP contribution in [0.4, 0.5) is 0 Å². The molecular formula is C59H68N4O. The zero-order valence-corrected chi connectivity index (χ0v) is 41.0. The summed E-state index contributed by atoms with van der Waals surface area (Å²) in [6.45, 7) is 34.3. The summed E-state index contributed by atoms with van der Waals surface area (Å²) < 4.78 is 13.6. The molecule has 5 aromatic carbocycles. The van der Waals surface area contributed by atoms with Crippen LogP contribution in [0.5, 0.6) is 11.5 Å². The van der Waals surface area contributed by atoms with Crippen molar-refractivity contribution in [3.63, 3.8) is 0 Å². The average Bonchev–Trinajstić information content (AvgIpc) is 3.86. The van der Waals surface area contributed by atoms with Gasteiger partial charge in [0.05, 0.1) is 22.4 Å². The van der Waals surface area contributed by atoms with Crippen molar-refractivity contribution >= 4 is 21.8 Å². The zero-order chi connectivity index (χ0) is 46.0. The third kappa shape index (κ3) is 8.79. The molecule has 64 heavy (non-hydrogen) atoms. The van der Waals surface area contributed by atoms with Crippen LogP contribution >= 0.6 is 0 Å². The highest BCUT2D eigenvalue weighted by Crippen LogP contribution is 2.42. The highest BCUT2D eigenvalue weighted by Gasteiger charge is 2.24. The smallest absolute Gasteiger partial charge is 0.268 e. The van der Waals surface area contributed by atoms with Gasteiger partial charge in [-0.05, 0) is 139 Å². The number of aromatic nitrogens is 4. The number of nitrogens with zero attached hydrogens (tertiary/aromatic N) is 4. The Morgan fingerprint density at radius 1 is 0.578 bits per heavy atom. The second-order valence-electron chi connectivity index (χ2n) is 21.9. The molecule has 3 aromatic heterocycles. The van der Waals surface area contributed by atoms with Crippen molar-refractivity contribution in [3.05, 3.63) is 161 Å². The van der Waals surface area contributed by atoms with Gasteiger partial charge in [0.1, 0.15) is 17.3 Å². The Labute approximate surface area is 382 Å². The quantitative estimate of drug-likeness (QED) is 0.107. The molecule has 0 aliphatic carbocycles. The molecule has 5 nitrogen and oxygen atoms in total. The summed E-state index contributed by atoms with van der Waals surface area (Å²) in [6.07, 6.45) is 9.88. The van der Waals surface area contributed by atoms with E-state index < -0.39 is 0 Å². The summed E-state index contributed by atoms with van der Waals surface area (Å²) in [6, 6.07) is 38.0. The van der Waals surface area contributed by atoms with Crippen LogP contribution in [-0.4, -0.2) is 14.1 Å². The van der Waals surface area contributed by atoms with Gasteiger partial charge in [0.2, 0.25) is 0 Å². The zero-order valence-electron chi connectivity index (χ0n) is 41.0. The molecule has 3 heterocycles. The summed E-state index contributed by atoms with van der Waals surface area (Å²) in [7, 11) is 0. The lowest BCUT2D eigenvalue weighted by Crippen LogP contribution is -2.30. The van der Waals surface area contributed by atoms with E-state index in [1.165, 1.54) is 44.3 Å². The lowest BCUT2D eigenvalue weighted by atomic mass is 9.80. The topological polar surface area (TPSA) is 35.9 Å². The Balaban J connectivity index is 1.32. The van der Waals surface area contributed by atoms with Crippen LogP contribution < -0.4 is 9.30 Å². The lowest BCUT2D eigenvalue weighted by molar-refractivity contribution is -0.599. The van der Waals surface area contributed by atoms with Crippen LogP contribution in [0.1, 0.15) is 155 Å². The van der Waals surface area contributed by atoms with E-state index in [1.807, 2.05) is 6.20 Å². The molecule has 0 N–H and O–H groups in total. The van der Waals surface area contributed by atoms with E-state index in [1.54, 1.807) is 0 Å². The highest BCUT2D eigenvalue weighted by molar-refractivity contribution is 6.09. The van der Waals surface area contributed by atoms with Crippen molar-refractivity contribution in [1.29, 1.82) is 0 Å². The van der Waals surface area contributed by atoms with E-state index in [0.29, 0.717) is 17.8 Å². The maximum absolute atomic E-state index is 7.07. The largest absolute Gasteiger partial charge is 0.458 e. The first-order valence-electron chi connectivity index (χ1n) is 23.3. The third-order valence-electron chi connectivity index (χ3n) is 12.8. The fourth-order valence-electron chi connectivity index (χ4n) is 8.84. The standard InChI is InChI=1S/C59H68N4O/c1-37(2)40-28-51(38(3)4)56(52(29-40)39(5)6)41-26-45(61-24-25-62(36-61)46-31-43(58(10,11)12)30-44(32-46)59(13,14)15)34-48(27-41)64-47-20-21-50-49-18-16-17-19-53(49)63(54(50)35-47)55-33-42(22-23-60-55)57(7,8)9/h16-35,37-39H,1-15H3. The normalized spacial score (nSPS) is 12.7. The molecule has 0 amide bonds. The second kappa shape index (κ2) is 16.6. The number of ether oxygens (including phenoxy) is 1. The minimum Gasteiger partial charge on any atom is -0.458 e. The molecule has 0 aliphatic heterocycles. The van der Waals surface area contributed by atoms with Crippen LogP contribution in [0.25, 0.3) is 50.1 Å². The molecule has 0 aliphatic rings. The maximum atomic E-state index is 7.07. The first-order chi connectivity index (χ1) is 30.1. The van der Waals surface area contributed by atoms with E-state index in [9.17, 15) is 0 Å². The molecule has 0 saturated carbocycles. The molecule has 5 heteroatoms. The van der Waals surface area contributed by atoms with Gasteiger partial charge in [-0.3, -0.25) is 13.7 Å². The van der Waals surface area contributed by atoms with Crippen molar-refractivity contribution in [2.45, 2.75) is 138 Å². The summed E-state index contributed by atoms with van der Waals surface area (Å²) >= 11 is 0. The van der Waals surface area contributed by atoms with Gasteiger partial charge in [0.15, 0.2) is 0 Å². The van der Waals surface area contributed by atoms with Crippen LogP contribution in [0.2, 0.25) is 0 Å². The number of pyridine rings is 1. The Morgan fingerprint density at radius 2 is 1.20 bits per heavy atom. The Hall–Kier alpha value is -5.94. The Kier molecular flexibility index (Phi) is 11.6. The van der Waals surface area contributed by atoms with Gasteiger partial charge in [-0.15, -0.1) is 0 Å². The summed E-state index contributed by atoms with van der Waals surface area (Å²) in [5, 5.41) is 2.34. The molecule has 0 saturated heterocycles. The lowest BCUT2D eigenvalue weighted by Gasteiger charge is -2.26. The average molecular weight is 849 g/mol. The van der Waals surface area contributed by atoms with E-state index in [2.05, 4.69) is 239 Å². The molecule has 8 rings (SSSR count). The van der Waals surface area contributed by atoms with Gasteiger partial charge in [-0.1, -0.05) is 140 Å². The molecule has 0 bridgehead atoms. The first-order valence-corrected chi connectivity index (χ1v) is 23.3. The summed E-state index contributed by atoms with van der Waals surface area (Å²) in [4.78, 5) is 4.93. The first kappa shape index (κ1) is 44.7. The number of imidazole rings is 1. The van der Waals surface area contributed by atoms with E-state index >= 15 is 0 Å². The van der Waals surface area contributed by atoms with Crippen molar-refractivity contribution in [2.75, 3.05) is 0 Å². The molecule has 0 radical (unpaired) electrons. The second-order valence-corrected chi connectivity index (χ2v) is 21.9. The van der Waals surface area contributed by atoms with Crippen molar-refractivity contribution in [3.8, 4) is 39.8 Å². The Morgan fingerprint density at radius 3 is 1.81 bits per heavy atom. The SMILES string of the molecule is CC(C)c1cc(C(C)C)c(-c2cc(Oc3ccc4c5ccccc5n(-c5cc(C(C)(C)C)ccn5)c4c3)cc(-n3[c-][n+](-c4cc(C(C)(C)C)cc(C(C)(C)C)c4)cc3)c2)c(C(C)C)c1. The summed E-state index contributed by atoms with van der Waals surface area (Å²) in [5.41, 5.74) is 14.6. The van der Waals surface area contributed by atoms with Crippen LogP contribution in [0.3, 0.4) is 0 Å². The van der Waals surface area contributed by atoms with Crippen LogP contribution in [0.15, 0.2) is 122 Å². The van der Waals surface area contributed by atoms with Gasteiger partial charge in [0, 0.05) is 35.4 Å². The number of rotatable bonds is 9. The molecule has 0 atom stereocenters. The van der Waals surface area contributed by atoms with Gasteiger partial charge in [-0.25, -0.2) is 4.98 Å². The van der Waals surface area contributed by atoms with E-state index in [4.69, 9.17) is 9.72 Å². The summed E-state index contributed by atoms with van der Waals surface area (Å²) in [5.74, 6) is 3.48. The predicted octanol–water partition coefficient (Wildman–Crippen LogP) is 15.8. The van der Waals surface area contributed by atoms with Gasteiger partial charge in [-0.2, -0.15) is 0 Å². The number of benzene rings is 5. The fraction of sp³-hybridized carbons (Fsp3) is 0.356.